The van der Waals surface area contributed by atoms with Crippen molar-refractivity contribution >= 4 is 11.8 Å². The van der Waals surface area contributed by atoms with Gasteiger partial charge in [0.15, 0.2) is 5.82 Å². The van der Waals surface area contributed by atoms with Crippen LogP contribution in [0.15, 0.2) is 61.2 Å². The van der Waals surface area contributed by atoms with E-state index in [1.165, 1.54) is 12.0 Å². The topological polar surface area (TPSA) is 66.8 Å². The Morgan fingerprint density at radius 3 is 2.81 bits per heavy atom. The Kier molecular flexibility index (Phi) is 5.12. The molecule has 0 radical (unpaired) electrons. The summed E-state index contributed by atoms with van der Waals surface area (Å²) >= 11 is 0. The summed E-state index contributed by atoms with van der Waals surface area (Å²) in [6.07, 6.45) is 10.2. The maximum absolute atomic E-state index is 4.72. The second-order valence-electron chi connectivity index (χ2n) is 6.45. The first-order valence-electron chi connectivity index (χ1n) is 9.02. The molecule has 0 amide bonds. The molecular formula is C20H22N6. The van der Waals surface area contributed by atoms with Crippen LogP contribution in [0.2, 0.25) is 0 Å². The van der Waals surface area contributed by atoms with E-state index in [-0.39, 0.29) is 0 Å². The number of nitrogens with one attached hydrogen (secondary N) is 1. The van der Waals surface area contributed by atoms with Crippen molar-refractivity contribution in [2.45, 2.75) is 25.3 Å². The molecule has 0 bridgehead atoms. The van der Waals surface area contributed by atoms with Gasteiger partial charge < -0.3 is 5.32 Å². The SMILES string of the molecule is c1ccc(CCN2CCC[C@H]2c2ccnc(Nc3cnccn3)n2)cc1. The molecule has 1 aromatic carbocycles. The second kappa shape index (κ2) is 8.01. The van der Waals surface area contributed by atoms with Crippen LogP contribution in [0.4, 0.5) is 11.8 Å². The fourth-order valence-electron chi connectivity index (χ4n) is 3.44. The number of anilines is 2. The van der Waals surface area contributed by atoms with Crippen molar-refractivity contribution in [2.24, 2.45) is 0 Å². The van der Waals surface area contributed by atoms with Crippen molar-refractivity contribution in [3.05, 3.63) is 72.4 Å². The van der Waals surface area contributed by atoms with Crippen molar-refractivity contribution in [3.63, 3.8) is 0 Å². The van der Waals surface area contributed by atoms with Crippen LogP contribution in [0, 0.1) is 0 Å². The maximum atomic E-state index is 4.72. The van der Waals surface area contributed by atoms with Gasteiger partial charge in [-0.25, -0.2) is 15.0 Å². The van der Waals surface area contributed by atoms with Crippen molar-refractivity contribution in [1.29, 1.82) is 0 Å². The fraction of sp³-hybridized carbons (Fsp3) is 0.300. The van der Waals surface area contributed by atoms with Crippen molar-refractivity contribution in [1.82, 2.24) is 24.8 Å². The van der Waals surface area contributed by atoms with Gasteiger partial charge >= 0.3 is 0 Å². The first kappa shape index (κ1) is 16.6. The first-order chi connectivity index (χ1) is 12.9. The summed E-state index contributed by atoms with van der Waals surface area (Å²) in [4.78, 5) is 19.8. The molecule has 1 N–H and O–H groups in total. The summed E-state index contributed by atoms with van der Waals surface area (Å²) in [6.45, 7) is 2.17. The predicted molar refractivity (Wildman–Crippen MR) is 101 cm³/mol. The molecule has 0 spiro atoms. The van der Waals surface area contributed by atoms with Gasteiger partial charge in [-0.1, -0.05) is 30.3 Å². The Morgan fingerprint density at radius 1 is 1.04 bits per heavy atom. The van der Waals surface area contributed by atoms with Crippen LogP contribution in [-0.4, -0.2) is 37.9 Å². The fourth-order valence-corrected chi connectivity index (χ4v) is 3.44. The summed E-state index contributed by atoms with van der Waals surface area (Å²) < 4.78 is 0. The summed E-state index contributed by atoms with van der Waals surface area (Å²) in [5.74, 6) is 1.22. The van der Waals surface area contributed by atoms with Gasteiger partial charge in [0.2, 0.25) is 5.95 Å². The number of aromatic nitrogens is 4. The maximum Gasteiger partial charge on any atom is 0.228 e. The highest BCUT2D eigenvalue weighted by atomic mass is 15.2. The lowest BCUT2D eigenvalue weighted by molar-refractivity contribution is 0.256. The lowest BCUT2D eigenvalue weighted by Crippen LogP contribution is -2.26. The van der Waals surface area contributed by atoms with Gasteiger partial charge in [0.25, 0.3) is 0 Å². The minimum absolute atomic E-state index is 0.351. The zero-order chi connectivity index (χ0) is 17.6. The molecule has 1 saturated heterocycles. The Bertz CT molecular complexity index is 824. The highest BCUT2D eigenvalue weighted by Crippen LogP contribution is 2.31. The molecule has 1 atom stereocenters. The van der Waals surface area contributed by atoms with Crippen LogP contribution in [-0.2, 0) is 6.42 Å². The van der Waals surface area contributed by atoms with E-state index in [4.69, 9.17) is 4.98 Å². The second-order valence-corrected chi connectivity index (χ2v) is 6.45. The van der Waals surface area contributed by atoms with Crippen molar-refractivity contribution < 1.29 is 0 Å². The first-order valence-corrected chi connectivity index (χ1v) is 9.02. The number of hydrogen-bond acceptors (Lipinski definition) is 6. The highest BCUT2D eigenvalue weighted by molar-refractivity contribution is 5.45. The molecule has 0 aliphatic carbocycles. The third kappa shape index (κ3) is 4.03. The Balaban J connectivity index is 1.44. The summed E-state index contributed by atoms with van der Waals surface area (Å²) in [5, 5.41) is 3.13. The van der Waals surface area contributed by atoms with Gasteiger partial charge in [-0.05, 0) is 37.4 Å². The van der Waals surface area contributed by atoms with E-state index in [1.807, 2.05) is 12.3 Å². The third-order valence-electron chi connectivity index (χ3n) is 4.72. The third-order valence-corrected chi connectivity index (χ3v) is 4.72. The molecule has 3 aromatic rings. The van der Waals surface area contributed by atoms with Crippen LogP contribution in [0.3, 0.4) is 0 Å². The molecule has 6 heteroatoms. The minimum atomic E-state index is 0.351. The van der Waals surface area contributed by atoms with Crippen LogP contribution in [0.1, 0.15) is 30.1 Å². The van der Waals surface area contributed by atoms with Gasteiger partial charge in [0.1, 0.15) is 0 Å². The average Bonchev–Trinajstić information content (AvgIpc) is 3.17. The van der Waals surface area contributed by atoms with E-state index in [0.29, 0.717) is 17.8 Å². The molecule has 6 nitrogen and oxygen atoms in total. The molecule has 3 heterocycles. The summed E-state index contributed by atoms with van der Waals surface area (Å²) in [5.41, 5.74) is 2.45. The molecule has 0 unspecified atom stereocenters. The standard InChI is InChI=1S/C20H22N6/c1-2-5-16(6-3-1)9-14-26-13-4-7-18(26)17-8-10-23-20(24-17)25-19-15-21-11-12-22-19/h1-3,5-6,8,10-12,15,18H,4,7,9,13-14H2,(H,22,23,24,25)/t18-/m0/s1. The van der Waals surface area contributed by atoms with E-state index < -0.39 is 0 Å². The molecule has 26 heavy (non-hydrogen) atoms. The van der Waals surface area contributed by atoms with E-state index in [9.17, 15) is 0 Å². The largest absolute Gasteiger partial charge is 0.307 e. The van der Waals surface area contributed by atoms with Crippen LogP contribution < -0.4 is 5.32 Å². The molecular weight excluding hydrogens is 324 g/mol. The molecule has 0 saturated carbocycles. The number of benzene rings is 1. The van der Waals surface area contributed by atoms with Crippen molar-refractivity contribution in [2.75, 3.05) is 18.4 Å². The molecule has 1 fully saturated rings. The van der Waals surface area contributed by atoms with Crippen LogP contribution >= 0.6 is 0 Å². The monoisotopic (exact) mass is 346 g/mol. The minimum Gasteiger partial charge on any atom is -0.307 e. The molecule has 1 aliphatic heterocycles. The van der Waals surface area contributed by atoms with Gasteiger partial charge in [0.05, 0.1) is 17.9 Å². The predicted octanol–water partition coefficient (Wildman–Crippen LogP) is 3.39. The Hall–Kier alpha value is -2.86. The number of nitrogens with zero attached hydrogens (tertiary/aromatic N) is 5. The molecule has 2 aromatic heterocycles. The van der Waals surface area contributed by atoms with Gasteiger partial charge in [-0.3, -0.25) is 9.88 Å². The van der Waals surface area contributed by atoms with E-state index >= 15 is 0 Å². The van der Waals surface area contributed by atoms with E-state index in [1.54, 1.807) is 18.6 Å². The van der Waals surface area contributed by atoms with Crippen LogP contribution in [0.25, 0.3) is 0 Å². The van der Waals surface area contributed by atoms with Gasteiger partial charge in [-0.2, -0.15) is 0 Å². The highest BCUT2D eigenvalue weighted by Gasteiger charge is 2.27. The number of hydrogen-bond donors (Lipinski definition) is 1. The zero-order valence-corrected chi connectivity index (χ0v) is 14.6. The van der Waals surface area contributed by atoms with E-state index in [2.05, 4.69) is 55.5 Å². The Morgan fingerprint density at radius 2 is 1.96 bits per heavy atom. The zero-order valence-electron chi connectivity index (χ0n) is 14.6. The number of rotatable bonds is 6. The van der Waals surface area contributed by atoms with Crippen molar-refractivity contribution in [3.8, 4) is 0 Å². The van der Waals surface area contributed by atoms with Crippen LogP contribution in [0.5, 0.6) is 0 Å². The Labute approximate surface area is 153 Å². The average molecular weight is 346 g/mol. The quantitative estimate of drug-likeness (QED) is 0.738. The molecule has 4 rings (SSSR count). The number of likely N-dealkylation sites (tertiary alicyclic amines) is 1. The smallest absolute Gasteiger partial charge is 0.228 e. The molecule has 1 aliphatic rings. The van der Waals surface area contributed by atoms with E-state index in [0.717, 1.165) is 31.6 Å². The molecule has 132 valence electrons. The van der Waals surface area contributed by atoms with Gasteiger partial charge in [-0.15, -0.1) is 0 Å². The summed E-state index contributed by atoms with van der Waals surface area (Å²) in [6, 6.07) is 13.0. The lowest BCUT2D eigenvalue weighted by atomic mass is 10.1. The summed E-state index contributed by atoms with van der Waals surface area (Å²) in [7, 11) is 0. The normalized spacial score (nSPS) is 17.3. The van der Waals surface area contributed by atoms with Gasteiger partial charge in [0, 0.05) is 25.1 Å². The lowest BCUT2D eigenvalue weighted by Gasteiger charge is -2.24.